The molecule has 0 atom stereocenters. The highest BCUT2D eigenvalue weighted by Crippen LogP contribution is 2.15. The molecule has 0 amide bonds. The van der Waals surface area contributed by atoms with Gasteiger partial charge in [-0.25, -0.2) is 9.79 Å². The average Bonchev–Trinajstić information content (AvgIpc) is 2.71. The normalized spacial score (nSPS) is 14.3. The number of hydrogen-bond donors (Lipinski definition) is 2. The average molecular weight is 206 g/mol. The fourth-order valence-corrected chi connectivity index (χ4v) is 1.30. The molecule has 78 valence electrons. The van der Waals surface area contributed by atoms with E-state index in [-0.39, 0.29) is 5.56 Å². The van der Waals surface area contributed by atoms with Crippen LogP contribution in [0.3, 0.4) is 0 Å². The van der Waals surface area contributed by atoms with Crippen LogP contribution in [0.15, 0.2) is 29.3 Å². The zero-order chi connectivity index (χ0) is 10.7. The lowest BCUT2D eigenvalue weighted by molar-refractivity contribution is 0.0698. The second-order valence-corrected chi connectivity index (χ2v) is 3.01. The molecule has 1 aliphatic heterocycles. The largest absolute Gasteiger partial charge is 0.478 e. The summed E-state index contributed by atoms with van der Waals surface area (Å²) in [6.45, 7) is 1.15. The van der Waals surface area contributed by atoms with Crippen LogP contribution in [0, 0.1) is 0 Å². The Kier molecular flexibility index (Phi) is 2.53. The Morgan fingerprint density at radius 3 is 2.93 bits per heavy atom. The lowest BCUT2D eigenvalue weighted by Crippen LogP contribution is -2.14. The van der Waals surface area contributed by atoms with Gasteiger partial charge in [0.1, 0.15) is 6.61 Å². The molecule has 0 saturated heterocycles. The number of carboxylic acids is 1. The number of hydrogen-bond acceptors (Lipinski definition) is 4. The number of rotatable bonds is 2. The van der Waals surface area contributed by atoms with Crippen LogP contribution >= 0.6 is 0 Å². The summed E-state index contributed by atoms with van der Waals surface area (Å²) in [6.07, 6.45) is 0. The summed E-state index contributed by atoms with van der Waals surface area (Å²) in [4.78, 5) is 14.9. The number of nitrogens with one attached hydrogen (secondary N) is 1. The van der Waals surface area contributed by atoms with Crippen LogP contribution in [-0.4, -0.2) is 30.2 Å². The monoisotopic (exact) mass is 206 g/mol. The summed E-state index contributed by atoms with van der Waals surface area (Å²) in [5.74, 6) is -0.975. The topological polar surface area (TPSA) is 70.9 Å². The smallest absolute Gasteiger partial charge is 0.337 e. The van der Waals surface area contributed by atoms with Crippen LogP contribution in [0.2, 0.25) is 0 Å². The predicted octanol–water partition coefficient (Wildman–Crippen LogP) is 1.18. The number of anilines is 1. The Balaban J connectivity index is 2.23. The van der Waals surface area contributed by atoms with Gasteiger partial charge in [0.25, 0.3) is 6.02 Å². The predicted molar refractivity (Wildman–Crippen MR) is 55.3 cm³/mol. The van der Waals surface area contributed by atoms with Gasteiger partial charge in [-0.05, 0) is 12.1 Å². The van der Waals surface area contributed by atoms with Crippen molar-refractivity contribution in [2.45, 2.75) is 0 Å². The molecule has 2 rings (SSSR count). The molecule has 0 unspecified atom stereocenters. The first kappa shape index (κ1) is 9.51. The summed E-state index contributed by atoms with van der Waals surface area (Å²) in [5.41, 5.74) is 0.696. The van der Waals surface area contributed by atoms with Crippen molar-refractivity contribution in [3.05, 3.63) is 29.8 Å². The van der Waals surface area contributed by atoms with E-state index >= 15 is 0 Å². The van der Waals surface area contributed by atoms with Gasteiger partial charge in [0.15, 0.2) is 0 Å². The molecule has 0 radical (unpaired) electrons. The quantitative estimate of drug-likeness (QED) is 0.762. The van der Waals surface area contributed by atoms with Gasteiger partial charge in [-0.2, -0.15) is 0 Å². The van der Waals surface area contributed by atoms with E-state index in [4.69, 9.17) is 9.84 Å². The van der Waals surface area contributed by atoms with Gasteiger partial charge in [-0.3, -0.25) is 0 Å². The van der Waals surface area contributed by atoms with Gasteiger partial charge >= 0.3 is 5.97 Å². The van der Waals surface area contributed by atoms with E-state index in [0.29, 0.717) is 24.9 Å². The fraction of sp³-hybridized carbons (Fsp3) is 0.200. The van der Waals surface area contributed by atoms with Crippen molar-refractivity contribution in [1.82, 2.24) is 0 Å². The minimum atomic E-state index is -0.975. The summed E-state index contributed by atoms with van der Waals surface area (Å²) in [5, 5.41) is 11.8. The van der Waals surface area contributed by atoms with E-state index in [1.807, 2.05) is 0 Å². The molecule has 0 aromatic heterocycles. The van der Waals surface area contributed by atoms with E-state index in [9.17, 15) is 4.79 Å². The van der Waals surface area contributed by atoms with E-state index < -0.39 is 5.97 Å². The maximum Gasteiger partial charge on any atom is 0.337 e. The number of carboxylic acid groups (broad SMARTS) is 1. The first-order valence-corrected chi connectivity index (χ1v) is 4.54. The molecular weight excluding hydrogens is 196 g/mol. The number of amidine groups is 1. The van der Waals surface area contributed by atoms with E-state index in [1.165, 1.54) is 6.07 Å². The van der Waals surface area contributed by atoms with Crippen LogP contribution in [0.25, 0.3) is 0 Å². The number of aromatic carboxylic acids is 1. The van der Waals surface area contributed by atoms with Crippen molar-refractivity contribution in [1.29, 1.82) is 0 Å². The first-order chi connectivity index (χ1) is 7.27. The molecule has 1 aromatic rings. The van der Waals surface area contributed by atoms with Crippen LogP contribution in [0.1, 0.15) is 10.4 Å². The molecule has 1 aliphatic rings. The van der Waals surface area contributed by atoms with Gasteiger partial charge in [-0.1, -0.05) is 12.1 Å². The van der Waals surface area contributed by atoms with Crippen molar-refractivity contribution >= 4 is 17.7 Å². The molecule has 0 bridgehead atoms. The Hall–Kier alpha value is -2.04. The van der Waals surface area contributed by atoms with Crippen molar-refractivity contribution in [3.8, 4) is 0 Å². The molecule has 1 aromatic carbocycles. The molecule has 15 heavy (non-hydrogen) atoms. The summed E-state index contributed by atoms with van der Waals surface area (Å²) >= 11 is 0. The van der Waals surface area contributed by atoms with Gasteiger partial charge in [0, 0.05) is 0 Å². The minimum absolute atomic E-state index is 0.204. The van der Waals surface area contributed by atoms with Crippen LogP contribution < -0.4 is 5.32 Å². The van der Waals surface area contributed by atoms with Crippen molar-refractivity contribution in [2.75, 3.05) is 18.5 Å². The van der Waals surface area contributed by atoms with Crippen molar-refractivity contribution < 1.29 is 14.6 Å². The molecule has 0 spiro atoms. The van der Waals surface area contributed by atoms with Gasteiger partial charge in [0.05, 0.1) is 17.8 Å². The molecule has 5 nitrogen and oxygen atoms in total. The van der Waals surface area contributed by atoms with E-state index in [1.54, 1.807) is 18.2 Å². The lowest BCUT2D eigenvalue weighted by atomic mass is 10.2. The number of carbonyl (C=O) groups is 1. The van der Waals surface area contributed by atoms with Gasteiger partial charge < -0.3 is 15.2 Å². The Morgan fingerprint density at radius 1 is 1.47 bits per heavy atom. The molecule has 1 heterocycles. The minimum Gasteiger partial charge on any atom is -0.478 e. The zero-order valence-corrected chi connectivity index (χ0v) is 7.93. The second-order valence-electron chi connectivity index (χ2n) is 3.01. The number of aliphatic imine (C=N–C) groups is 1. The van der Waals surface area contributed by atoms with Gasteiger partial charge in [-0.15, -0.1) is 0 Å². The molecule has 0 aliphatic carbocycles. The van der Waals surface area contributed by atoms with Crippen LogP contribution in [0.5, 0.6) is 0 Å². The molecule has 2 N–H and O–H groups in total. The maximum absolute atomic E-state index is 10.9. The Morgan fingerprint density at radius 2 is 2.27 bits per heavy atom. The third-order valence-electron chi connectivity index (χ3n) is 1.98. The van der Waals surface area contributed by atoms with Crippen LogP contribution in [0.4, 0.5) is 5.69 Å². The molecule has 0 fully saturated rings. The molecule has 5 heteroatoms. The highest BCUT2D eigenvalue weighted by Gasteiger charge is 2.13. The van der Waals surface area contributed by atoms with Crippen molar-refractivity contribution in [3.63, 3.8) is 0 Å². The SMILES string of the molecule is O=C(O)c1ccccc1NC1=NCCO1. The standard InChI is InChI=1S/C10H10N2O3/c13-9(14)7-3-1-2-4-8(7)12-10-11-5-6-15-10/h1-4H,5-6H2,(H,11,12)(H,13,14). The lowest BCUT2D eigenvalue weighted by Gasteiger charge is -2.07. The van der Waals surface area contributed by atoms with Gasteiger partial charge in [0.2, 0.25) is 0 Å². The number of ether oxygens (including phenoxy) is 1. The summed E-state index contributed by atoms with van der Waals surface area (Å²) < 4.78 is 5.14. The summed E-state index contributed by atoms with van der Waals surface area (Å²) in [7, 11) is 0. The molecular formula is C10H10N2O3. The number of nitrogens with zero attached hydrogens (tertiary/aromatic N) is 1. The maximum atomic E-state index is 10.9. The number of para-hydroxylation sites is 1. The Labute approximate surface area is 86.4 Å². The highest BCUT2D eigenvalue weighted by atomic mass is 16.5. The van der Waals surface area contributed by atoms with E-state index in [2.05, 4.69) is 10.3 Å². The zero-order valence-electron chi connectivity index (χ0n) is 7.93. The van der Waals surface area contributed by atoms with Crippen LogP contribution in [-0.2, 0) is 4.74 Å². The third kappa shape index (κ3) is 2.07. The summed E-state index contributed by atoms with van der Waals surface area (Å²) in [6, 6.07) is 7.01. The third-order valence-corrected chi connectivity index (χ3v) is 1.98. The van der Waals surface area contributed by atoms with Crippen molar-refractivity contribution in [2.24, 2.45) is 4.99 Å². The highest BCUT2D eigenvalue weighted by molar-refractivity contribution is 6.00. The Bertz CT molecular complexity index is 415. The molecule has 0 saturated carbocycles. The van der Waals surface area contributed by atoms with E-state index in [0.717, 1.165) is 0 Å². The first-order valence-electron chi connectivity index (χ1n) is 4.54. The second kappa shape index (κ2) is 4.00. The fourth-order valence-electron chi connectivity index (χ4n) is 1.30. The number of benzene rings is 1.